The van der Waals surface area contributed by atoms with Crippen molar-refractivity contribution in [3.05, 3.63) is 0 Å². The monoisotopic (exact) mass is 390 g/mol. The highest BCUT2D eigenvalue weighted by molar-refractivity contribution is 5.94. The maximum atomic E-state index is 12.3. The number of hydrogen-bond donors (Lipinski definition) is 7. The Labute approximate surface area is 155 Å². The molecule has 0 heterocycles. The SMILES string of the molecule is CCC(C)C(NC(=O)C(CO)NC(=O)C(N)CC(=O)O)C(=O)NCC(=O)O. The molecule has 3 amide bonds. The number of aliphatic hydroxyl groups excluding tert-OH is 1. The van der Waals surface area contributed by atoms with E-state index in [9.17, 15) is 29.1 Å². The average Bonchev–Trinajstić information content (AvgIpc) is 2.60. The van der Waals surface area contributed by atoms with Crippen molar-refractivity contribution in [1.29, 1.82) is 0 Å². The molecule has 0 spiro atoms. The first-order valence-electron chi connectivity index (χ1n) is 8.21. The quantitative estimate of drug-likeness (QED) is 0.181. The Hall–Kier alpha value is -2.73. The minimum absolute atomic E-state index is 0.368. The summed E-state index contributed by atoms with van der Waals surface area (Å²) in [6.45, 7) is 1.96. The fraction of sp³-hybridized carbons (Fsp3) is 0.667. The second-order valence-corrected chi connectivity index (χ2v) is 5.93. The fourth-order valence-electron chi connectivity index (χ4n) is 1.98. The number of carbonyl (C=O) groups is 5. The van der Waals surface area contributed by atoms with Gasteiger partial charge >= 0.3 is 11.9 Å². The molecule has 0 aliphatic carbocycles. The van der Waals surface area contributed by atoms with Crippen molar-refractivity contribution < 1.29 is 39.3 Å². The van der Waals surface area contributed by atoms with Gasteiger partial charge in [0.2, 0.25) is 17.7 Å². The second-order valence-electron chi connectivity index (χ2n) is 5.93. The van der Waals surface area contributed by atoms with Crippen molar-refractivity contribution in [2.45, 2.75) is 44.8 Å². The third kappa shape index (κ3) is 8.96. The third-order valence-electron chi connectivity index (χ3n) is 3.75. The van der Waals surface area contributed by atoms with Gasteiger partial charge in [-0.2, -0.15) is 0 Å². The van der Waals surface area contributed by atoms with Crippen LogP contribution < -0.4 is 21.7 Å². The standard InChI is InChI=1S/C15H26N4O8/c1-3-7(2)12(15(27)17-5-11(23)24)19-14(26)9(6-20)18-13(25)8(16)4-10(21)22/h7-9,12,20H,3-6,16H2,1-2H3,(H,17,27)(H,18,25)(H,19,26)(H,21,22)(H,23,24). The van der Waals surface area contributed by atoms with Gasteiger partial charge in [-0.25, -0.2) is 0 Å². The van der Waals surface area contributed by atoms with Crippen LogP contribution in [0.25, 0.3) is 0 Å². The van der Waals surface area contributed by atoms with Gasteiger partial charge in [0.05, 0.1) is 19.1 Å². The molecular formula is C15H26N4O8. The summed E-state index contributed by atoms with van der Waals surface area (Å²) in [6, 6.07) is -3.98. The summed E-state index contributed by atoms with van der Waals surface area (Å²) < 4.78 is 0. The van der Waals surface area contributed by atoms with Gasteiger partial charge in [0.1, 0.15) is 18.6 Å². The molecule has 0 aromatic carbocycles. The van der Waals surface area contributed by atoms with E-state index in [0.29, 0.717) is 6.42 Å². The maximum Gasteiger partial charge on any atom is 0.322 e. The van der Waals surface area contributed by atoms with Crippen LogP contribution in [0.2, 0.25) is 0 Å². The molecule has 0 saturated carbocycles. The normalized spacial score (nSPS) is 15.0. The lowest BCUT2D eigenvalue weighted by Gasteiger charge is -2.26. The van der Waals surface area contributed by atoms with E-state index in [2.05, 4.69) is 16.0 Å². The van der Waals surface area contributed by atoms with Gasteiger partial charge in [0.25, 0.3) is 0 Å². The van der Waals surface area contributed by atoms with E-state index < -0.39 is 67.4 Å². The van der Waals surface area contributed by atoms with Crippen LogP contribution in [0.3, 0.4) is 0 Å². The summed E-state index contributed by atoms with van der Waals surface area (Å²) in [7, 11) is 0. The summed E-state index contributed by atoms with van der Waals surface area (Å²) in [5, 5.41) is 33.2. The molecule has 0 radical (unpaired) electrons. The van der Waals surface area contributed by atoms with Gasteiger partial charge in [0, 0.05) is 0 Å². The van der Waals surface area contributed by atoms with Crippen molar-refractivity contribution >= 4 is 29.7 Å². The van der Waals surface area contributed by atoms with Crippen LogP contribution in [0.5, 0.6) is 0 Å². The van der Waals surface area contributed by atoms with E-state index in [0.717, 1.165) is 0 Å². The first kappa shape index (κ1) is 24.3. The van der Waals surface area contributed by atoms with Gasteiger partial charge in [-0.05, 0) is 5.92 Å². The van der Waals surface area contributed by atoms with Crippen LogP contribution in [-0.2, 0) is 24.0 Å². The second kappa shape index (κ2) is 11.8. The number of carboxylic acid groups (broad SMARTS) is 2. The van der Waals surface area contributed by atoms with Crippen molar-refractivity contribution in [2.75, 3.05) is 13.2 Å². The highest BCUT2D eigenvalue weighted by Crippen LogP contribution is 2.08. The van der Waals surface area contributed by atoms with Crippen molar-refractivity contribution in [2.24, 2.45) is 11.7 Å². The third-order valence-corrected chi connectivity index (χ3v) is 3.75. The molecule has 27 heavy (non-hydrogen) atoms. The predicted octanol–water partition coefficient (Wildman–Crippen LogP) is -3.00. The zero-order valence-electron chi connectivity index (χ0n) is 15.1. The molecule has 0 saturated heterocycles. The summed E-state index contributed by atoms with van der Waals surface area (Å²) in [6.07, 6.45) is -0.191. The van der Waals surface area contributed by atoms with Gasteiger partial charge in [-0.15, -0.1) is 0 Å². The molecule has 154 valence electrons. The van der Waals surface area contributed by atoms with Gasteiger partial charge in [-0.1, -0.05) is 20.3 Å². The summed E-state index contributed by atoms with van der Waals surface area (Å²) in [5.74, 6) is -5.52. The van der Waals surface area contributed by atoms with E-state index in [1.807, 2.05) is 0 Å². The van der Waals surface area contributed by atoms with Crippen LogP contribution in [0.4, 0.5) is 0 Å². The Balaban J connectivity index is 5.04. The number of aliphatic carboxylic acids is 2. The molecule has 0 aliphatic heterocycles. The molecule has 0 aliphatic rings. The number of carboxylic acids is 2. The molecule has 8 N–H and O–H groups in total. The van der Waals surface area contributed by atoms with Crippen molar-refractivity contribution in [3.8, 4) is 0 Å². The van der Waals surface area contributed by atoms with Gasteiger partial charge in [0.15, 0.2) is 0 Å². The predicted molar refractivity (Wildman–Crippen MR) is 91.3 cm³/mol. The molecule has 4 atom stereocenters. The van der Waals surface area contributed by atoms with Crippen LogP contribution in [-0.4, -0.2) is 76.3 Å². The molecule has 12 heteroatoms. The summed E-state index contributed by atoms with van der Waals surface area (Å²) >= 11 is 0. The Bertz CT molecular complexity index is 568. The average molecular weight is 390 g/mol. The number of hydrogen-bond acceptors (Lipinski definition) is 7. The van der Waals surface area contributed by atoms with Crippen molar-refractivity contribution in [3.63, 3.8) is 0 Å². The fourth-order valence-corrected chi connectivity index (χ4v) is 1.98. The van der Waals surface area contributed by atoms with E-state index in [1.54, 1.807) is 13.8 Å². The molecular weight excluding hydrogens is 364 g/mol. The maximum absolute atomic E-state index is 12.3. The first-order chi connectivity index (χ1) is 12.5. The van der Waals surface area contributed by atoms with E-state index in [-0.39, 0.29) is 5.92 Å². The Morgan fingerprint density at radius 1 is 0.963 bits per heavy atom. The number of nitrogens with two attached hydrogens (primary N) is 1. The van der Waals surface area contributed by atoms with E-state index >= 15 is 0 Å². The van der Waals surface area contributed by atoms with Crippen LogP contribution >= 0.6 is 0 Å². The molecule has 0 rings (SSSR count). The topological polar surface area (TPSA) is 208 Å². The molecule has 0 aromatic heterocycles. The van der Waals surface area contributed by atoms with Gasteiger partial charge in [-0.3, -0.25) is 24.0 Å². The van der Waals surface area contributed by atoms with Crippen LogP contribution in [0.1, 0.15) is 26.7 Å². The lowest BCUT2D eigenvalue weighted by atomic mass is 9.98. The Morgan fingerprint density at radius 2 is 1.56 bits per heavy atom. The van der Waals surface area contributed by atoms with Crippen LogP contribution in [0.15, 0.2) is 0 Å². The highest BCUT2D eigenvalue weighted by Gasteiger charge is 2.30. The Kier molecular flexibility index (Phi) is 10.6. The first-order valence-corrected chi connectivity index (χ1v) is 8.21. The van der Waals surface area contributed by atoms with Gasteiger partial charge < -0.3 is 37.0 Å². The minimum Gasteiger partial charge on any atom is -0.481 e. The summed E-state index contributed by atoms with van der Waals surface area (Å²) in [4.78, 5) is 57.3. The molecule has 4 unspecified atom stereocenters. The van der Waals surface area contributed by atoms with Crippen LogP contribution in [0, 0.1) is 5.92 Å². The zero-order chi connectivity index (χ0) is 21.1. The Morgan fingerprint density at radius 3 is 2.00 bits per heavy atom. The lowest BCUT2D eigenvalue weighted by molar-refractivity contribution is -0.140. The number of rotatable bonds is 12. The van der Waals surface area contributed by atoms with Crippen molar-refractivity contribution in [1.82, 2.24) is 16.0 Å². The highest BCUT2D eigenvalue weighted by atomic mass is 16.4. The molecule has 0 bridgehead atoms. The van der Waals surface area contributed by atoms with E-state index in [1.165, 1.54) is 0 Å². The van der Waals surface area contributed by atoms with E-state index in [4.69, 9.17) is 15.9 Å². The lowest BCUT2D eigenvalue weighted by Crippen LogP contribution is -2.58. The largest absolute Gasteiger partial charge is 0.481 e. The minimum atomic E-state index is -1.46. The number of aliphatic hydroxyl groups is 1. The smallest absolute Gasteiger partial charge is 0.322 e. The number of nitrogens with one attached hydrogen (secondary N) is 3. The number of amides is 3. The molecule has 0 aromatic rings. The summed E-state index contributed by atoms with van der Waals surface area (Å²) in [5.41, 5.74) is 5.38. The number of carbonyl (C=O) groups excluding carboxylic acids is 3. The zero-order valence-corrected chi connectivity index (χ0v) is 15.1. The molecule has 0 fully saturated rings. The molecule has 12 nitrogen and oxygen atoms in total.